The van der Waals surface area contributed by atoms with Gasteiger partial charge in [0, 0.05) is 11.8 Å². The normalized spacial score (nSPS) is 15.4. The number of ketones is 1. The number of carbonyl (C=O) groups excluding carboxylic acids is 5. The third kappa shape index (κ3) is 13.8. The molecular formula is C37H59N3O9S. The van der Waals surface area contributed by atoms with Gasteiger partial charge in [0.2, 0.25) is 17.0 Å². The maximum Gasteiger partial charge on any atom is 0.418 e. The summed E-state index contributed by atoms with van der Waals surface area (Å²) in [6.45, 7) is 11.7. The highest BCUT2D eigenvalue weighted by Gasteiger charge is 2.55. The number of imide groups is 1. The summed E-state index contributed by atoms with van der Waals surface area (Å²) in [6, 6.07) is 2.45. The molecule has 2 rings (SSSR count). The maximum atomic E-state index is 13.8. The van der Waals surface area contributed by atoms with E-state index < -0.39 is 57.7 Å². The zero-order chi connectivity index (χ0) is 37.3. The van der Waals surface area contributed by atoms with Gasteiger partial charge < -0.3 is 14.8 Å². The van der Waals surface area contributed by atoms with Gasteiger partial charge in [0.25, 0.3) is 11.8 Å². The second-order valence-corrected chi connectivity index (χ2v) is 15.5. The summed E-state index contributed by atoms with van der Waals surface area (Å²) in [4.78, 5) is 65.6. The Bertz CT molecular complexity index is 1330. The molecule has 282 valence electrons. The number of rotatable bonds is 24. The van der Waals surface area contributed by atoms with E-state index >= 15 is 0 Å². The number of hydrogen-bond donors (Lipinski definition) is 2. The molecule has 0 radical (unpaired) electrons. The van der Waals surface area contributed by atoms with Crippen molar-refractivity contribution in [2.24, 2.45) is 5.41 Å². The van der Waals surface area contributed by atoms with Crippen molar-refractivity contribution in [3.05, 3.63) is 18.2 Å². The molecule has 1 aromatic rings. The minimum atomic E-state index is -2.16. The molecule has 50 heavy (non-hydrogen) atoms. The first-order chi connectivity index (χ1) is 23.6. The predicted molar refractivity (Wildman–Crippen MR) is 192 cm³/mol. The molecule has 0 saturated carbocycles. The van der Waals surface area contributed by atoms with Crippen LogP contribution in [0, 0.1) is 5.41 Å². The number of benzene rings is 1. The Balaban J connectivity index is 2.08. The van der Waals surface area contributed by atoms with E-state index in [1.807, 2.05) is 0 Å². The molecule has 2 unspecified atom stereocenters. The molecule has 1 aliphatic heterocycles. The van der Waals surface area contributed by atoms with Gasteiger partial charge in [-0.15, -0.1) is 0 Å². The van der Waals surface area contributed by atoms with E-state index in [4.69, 9.17) is 13.8 Å². The summed E-state index contributed by atoms with van der Waals surface area (Å²) in [5, 5.41) is 2.62. The van der Waals surface area contributed by atoms with Crippen molar-refractivity contribution >= 4 is 46.4 Å². The highest BCUT2D eigenvalue weighted by atomic mass is 32.2. The summed E-state index contributed by atoms with van der Waals surface area (Å²) < 4.78 is 29.0. The molecule has 1 heterocycles. The van der Waals surface area contributed by atoms with Gasteiger partial charge in [0.05, 0.1) is 17.2 Å². The van der Waals surface area contributed by atoms with Crippen molar-refractivity contribution < 1.29 is 41.9 Å². The van der Waals surface area contributed by atoms with Gasteiger partial charge in [0.1, 0.15) is 5.75 Å². The Morgan fingerprint density at radius 3 is 1.90 bits per heavy atom. The number of nitrogens with zero attached hydrogens (tertiary/aromatic N) is 1. The largest absolute Gasteiger partial charge is 0.491 e. The average Bonchev–Trinajstić information content (AvgIpc) is 3.26. The number of cyclic esters (lactones) is 1. The second-order valence-electron chi connectivity index (χ2n) is 14.4. The monoisotopic (exact) mass is 721 g/mol. The number of hydroxylamine groups is 1. The first-order valence-corrected chi connectivity index (χ1v) is 19.3. The molecule has 4 amide bonds. The Kier molecular flexibility index (Phi) is 18.1. The Morgan fingerprint density at radius 2 is 1.42 bits per heavy atom. The summed E-state index contributed by atoms with van der Waals surface area (Å²) in [6.07, 6.45) is 16.0. The van der Waals surface area contributed by atoms with Gasteiger partial charge >= 0.3 is 6.09 Å². The van der Waals surface area contributed by atoms with Crippen molar-refractivity contribution in [3.8, 4) is 5.75 Å². The van der Waals surface area contributed by atoms with E-state index in [-0.39, 0.29) is 22.8 Å². The van der Waals surface area contributed by atoms with Crippen LogP contribution in [0.1, 0.15) is 145 Å². The quantitative estimate of drug-likeness (QED) is 0.0620. The third-order valence-corrected chi connectivity index (χ3v) is 9.35. The van der Waals surface area contributed by atoms with Crippen LogP contribution in [0.2, 0.25) is 0 Å². The molecular weight excluding hydrogens is 662 g/mol. The van der Waals surface area contributed by atoms with Crippen LogP contribution in [0.4, 0.5) is 10.5 Å². The zero-order valence-corrected chi connectivity index (χ0v) is 32.0. The Labute approximate surface area is 300 Å². The predicted octanol–water partition coefficient (Wildman–Crippen LogP) is 7.71. The highest BCUT2D eigenvalue weighted by molar-refractivity contribution is 7.80. The lowest BCUT2D eigenvalue weighted by atomic mass is 9.85. The number of ether oxygens (including phenoxy) is 2. The first kappa shape index (κ1) is 42.8. The number of amides is 4. The van der Waals surface area contributed by atoms with Crippen LogP contribution in [-0.2, 0) is 39.3 Å². The molecule has 1 fully saturated rings. The Morgan fingerprint density at radius 1 is 0.880 bits per heavy atom. The molecule has 1 aromatic carbocycles. The van der Waals surface area contributed by atoms with Crippen molar-refractivity contribution in [3.63, 3.8) is 0 Å². The third-order valence-electron chi connectivity index (χ3n) is 8.48. The number of carbonyl (C=O) groups is 5. The smallest absolute Gasteiger partial charge is 0.418 e. The second kappa shape index (κ2) is 21.1. The number of anilines is 1. The zero-order valence-electron chi connectivity index (χ0n) is 31.2. The molecule has 13 heteroatoms. The SMILES string of the molecule is CCCCCCCCCCCCCCCCOc1ccc(S(=O)ONC(=O)CC)cc1NC(=O)C(C(=O)C(C)(C)C)N1C(=O)OC(C)(C)C1=O. The van der Waals surface area contributed by atoms with Crippen LogP contribution >= 0.6 is 0 Å². The van der Waals surface area contributed by atoms with Crippen LogP contribution in [-0.4, -0.2) is 57.0 Å². The standard InChI is InChI=1S/C37H59N3O9S/c1-8-10-11-12-13-14-15-16-17-18-19-20-21-22-25-47-29-24-23-27(50(46)49-39-30(41)9-2)26-28(29)38-33(43)31(32(42)36(3,4)5)40-34(44)37(6,7)48-35(40)45/h23-24,26,31H,8-22,25H2,1-7H3,(H,38,43)(H,39,41). The van der Waals surface area contributed by atoms with Gasteiger partial charge in [-0.2, -0.15) is 4.28 Å². The van der Waals surface area contributed by atoms with E-state index in [9.17, 15) is 28.2 Å². The lowest BCUT2D eigenvalue weighted by Crippen LogP contribution is -2.55. The molecule has 0 bridgehead atoms. The fourth-order valence-electron chi connectivity index (χ4n) is 5.39. The fourth-order valence-corrected chi connectivity index (χ4v) is 6.05. The number of Topliss-reactive ketones (excluding diaryl/α,β-unsaturated/α-hetero) is 1. The molecule has 1 aliphatic rings. The number of hydrogen-bond acceptors (Lipinski definition) is 9. The van der Waals surface area contributed by atoms with E-state index in [0.29, 0.717) is 11.5 Å². The van der Waals surface area contributed by atoms with E-state index in [1.165, 1.54) is 96.3 Å². The fraction of sp³-hybridized carbons (Fsp3) is 0.703. The van der Waals surface area contributed by atoms with Crippen molar-refractivity contribution in [2.75, 3.05) is 11.9 Å². The topological polar surface area (TPSA) is 157 Å². The molecule has 2 atom stereocenters. The number of unbranched alkanes of at least 4 members (excludes halogenated alkanes) is 13. The van der Waals surface area contributed by atoms with Crippen molar-refractivity contribution in [1.82, 2.24) is 10.4 Å². The molecule has 2 N–H and O–H groups in total. The lowest BCUT2D eigenvalue weighted by Gasteiger charge is -2.28. The summed E-state index contributed by atoms with van der Waals surface area (Å²) in [5.41, 5.74) is -0.537. The van der Waals surface area contributed by atoms with Crippen LogP contribution in [0.15, 0.2) is 23.1 Å². The van der Waals surface area contributed by atoms with Gasteiger partial charge in [-0.1, -0.05) is 118 Å². The van der Waals surface area contributed by atoms with E-state index in [0.717, 1.165) is 25.7 Å². The summed E-state index contributed by atoms with van der Waals surface area (Å²) >= 11 is -2.16. The van der Waals surface area contributed by atoms with Crippen molar-refractivity contribution in [2.45, 2.75) is 161 Å². The average molecular weight is 722 g/mol. The summed E-state index contributed by atoms with van der Waals surface area (Å²) in [5.74, 6) is -2.74. The van der Waals surface area contributed by atoms with Gasteiger partial charge in [-0.3, -0.25) is 19.2 Å². The van der Waals surface area contributed by atoms with Crippen molar-refractivity contribution in [1.29, 1.82) is 0 Å². The molecule has 1 saturated heterocycles. The van der Waals surface area contributed by atoms with Crippen LogP contribution in [0.5, 0.6) is 5.75 Å². The maximum absolute atomic E-state index is 13.8. The van der Waals surface area contributed by atoms with Gasteiger partial charge in [0.15, 0.2) is 17.4 Å². The van der Waals surface area contributed by atoms with Crippen LogP contribution < -0.4 is 15.5 Å². The van der Waals surface area contributed by atoms with Crippen LogP contribution in [0.25, 0.3) is 0 Å². The lowest BCUT2D eigenvalue weighted by molar-refractivity contribution is -0.145. The van der Waals surface area contributed by atoms with Crippen LogP contribution in [0.3, 0.4) is 0 Å². The molecule has 0 spiro atoms. The number of nitrogens with one attached hydrogen (secondary N) is 2. The van der Waals surface area contributed by atoms with Gasteiger partial charge in [-0.05, 0) is 38.5 Å². The first-order valence-electron chi connectivity index (χ1n) is 18.2. The molecule has 12 nitrogen and oxygen atoms in total. The molecule has 0 aromatic heterocycles. The summed E-state index contributed by atoms with van der Waals surface area (Å²) in [7, 11) is 0. The minimum Gasteiger partial charge on any atom is -0.491 e. The highest BCUT2D eigenvalue weighted by Crippen LogP contribution is 2.32. The van der Waals surface area contributed by atoms with E-state index in [2.05, 4.69) is 17.7 Å². The molecule has 0 aliphatic carbocycles. The minimum absolute atomic E-state index is 0.0441. The van der Waals surface area contributed by atoms with Gasteiger partial charge in [-0.25, -0.2) is 19.4 Å². The Hall–Kier alpha value is -3.32. The van der Waals surface area contributed by atoms with E-state index in [1.54, 1.807) is 27.7 Å².